The minimum absolute atomic E-state index is 0. The van der Waals surface area contributed by atoms with Gasteiger partial charge < -0.3 is 23.3 Å². The molecule has 8 aromatic rings. The molecule has 0 aliphatic carbocycles. The zero-order chi connectivity index (χ0) is 40.0. The van der Waals surface area contributed by atoms with Crippen LogP contribution in [0.15, 0.2) is 262 Å². The van der Waals surface area contributed by atoms with E-state index in [0.717, 1.165) is 0 Å². The molecule has 0 fully saturated rings. The van der Waals surface area contributed by atoms with Crippen molar-refractivity contribution in [1.82, 2.24) is 0 Å². The fourth-order valence-corrected chi connectivity index (χ4v) is 26.9. The van der Waals surface area contributed by atoms with Crippen molar-refractivity contribution in [2.24, 2.45) is 0 Å². The van der Waals surface area contributed by atoms with Crippen molar-refractivity contribution < 1.29 is 19.5 Å². The standard InChI is InChI=1S/2C26H22As2.Rh.S2/c2*1-5-13-23(14-6-1)27(24-15-7-2-8-16-24)21-22-28(25-17-9-3-10-18-25)26-19-11-4-12-20-26;;1-2/h2*1-22H;;/q;;+2;-2/b2*22-21-;;. The molecule has 0 bridgehead atoms. The van der Waals surface area contributed by atoms with Crippen LogP contribution in [0.3, 0.4) is 0 Å². The van der Waals surface area contributed by atoms with Crippen LogP contribution in [-0.2, 0) is 42.8 Å². The first-order valence-corrected chi connectivity index (χ1v) is 32.1. The number of benzene rings is 8. The summed E-state index contributed by atoms with van der Waals surface area (Å²) in [4.78, 5) is 10.3. The van der Waals surface area contributed by atoms with Crippen molar-refractivity contribution in [3.8, 4) is 0 Å². The molecule has 0 atom stereocenters. The van der Waals surface area contributed by atoms with Crippen LogP contribution in [0.5, 0.6) is 0 Å². The fourth-order valence-electron chi connectivity index (χ4n) is 6.26. The number of hydrogen-bond donors (Lipinski definition) is 0. The summed E-state index contributed by atoms with van der Waals surface area (Å²) >= 11 is 1.41. The average molecular weight is 1140 g/mol. The van der Waals surface area contributed by atoms with Crippen molar-refractivity contribution >= 4 is 117 Å². The molecule has 0 unspecified atom stereocenters. The van der Waals surface area contributed by atoms with Crippen LogP contribution in [0.25, 0.3) is 0 Å². The van der Waals surface area contributed by atoms with Gasteiger partial charge in [-0.25, -0.2) is 0 Å². The number of rotatable bonds is 12. The first-order chi connectivity index (χ1) is 28.8. The van der Waals surface area contributed by atoms with E-state index in [1.807, 2.05) is 0 Å². The van der Waals surface area contributed by atoms with Gasteiger partial charge in [-0.1, -0.05) is 0 Å². The second kappa shape index (κ2) is 26.9. The summed E-state index contributed by atoms with van der Waals surface area (Å²) in [6.07, 6.45) is 0. The Bertz CT molecular complexity index is 1860. The Morgan fingerprint density at radius 2 is 0.305 bits per heavy atom. The minimum Gasteiger partial charge on any atom is -1.00 e. The van der Waals surface area contributed by atoms with E-state index in [2.05, 4.69) is 285 Å². The fraction of sp³-hybridized carbons (Fsp3) is 0. The molecule has 0 nitrogen and oxygen atoms in total. The van der Waals surface area contributed by atoms with Crippen LogP contribution in [0.4, 0.5) is 0 Å². The molecule has 0 heterocycles. The molecule has 8 rings (SSSR count). The Hall–Kier alpha value is -3.20. The SMILES string of the molecule is C(=C/[As](c1ccccc1)c1ccccc1)/[As](c1ccccc1)c1ccccc1.C(=C/[As](c1ccccc1)c1ccccc1)/[As](c1ccccc1)c1ccccc1.[Rh+2].[S-][S-]. The molecule has 293 valence electrons. The topological polar surface area (TPSA) is 0 Å². The molecule has 0 amide bonds. The Balaban J connectivity index is 0.000000212. The van der Waals surface area contributed by atoms with Crippen molar-refractivity contribution in [3.63, 3.8) is 0 Å². The summed E-state index contributed by atoms with van der Waals surface area (Å²) in [6.45, 7) is 0. The van der Waals surface area contributed by atoms with E-state index >= 15 is 0 Å². The van der Waals surface area contributed by atoms with Gasteiger partial charge in [0.2, 0.25) is 0 Å². The van der Waals surface area contributed by atoms with E-state index < -0.39 is 58.6 Å². The quantitative estimate of drug-likeness (QED) is 0.0783. The van der Waals surface area contributed by atoms with Gasteiger partial charge in [0, 0.05) is 0 Å². The Morgan fingerprint density at radius 3 is 0.407 bits per heavy atom. The maximum Gasteiger partial charge on any atom is 2.00 e. The molecule has 0 aliphatic heterocycles. The van der Waals surface area contributed by atoms with Crippen LogP contribution >= 0.6 is 0 Å². The van der Waals surface area contributed by atoms with Gasteiger partial charge in [-0.15, -0.1) is 0 Å². The van der Waals surface area contributed by atoms with Crippen LogP contribution in [0.2, 0.25) is 0 Å². The zero-order valence-electron chi connectivity index (χ0n) is 32.3. The maximum atomic E-state index is 3.67. The molecular formula is C52H44As4RhS2. The third-order valence-electron chi connectivity index (χ3n) is 9.00. The predicted octanol–water partition coefficient (Wildman–Crippen LogP) is 6.47. The second-order valence-corrected chi connectivity index (χ2v) is 30.1. The van der Waals surface area contributed by atoms with Gasteiger partial charge in [0.25, 0.3) is 0 Å². The molecule has 0 spiro atoms. The largest absolute Gasteiger partial charge is 2.00 e. The Kier molecular flexibility index (Phi) is 21.4. The van der Waals surface area contributed by atoms with Gasteiger partial charge in [0.15, 0.2) is 0 Å². The summed E-state index contributed by atoms with van der Waals surface area (Å²) in [5.41, 5.74) is 0. The molecule has 0 saturated carbocycles. The molecule has 0 aromatic heterocycles. The predicted molar refractivity (Wildman–Crippen MR) is 265 cm³/mol. The molecule has 0 aliphatic rings. The monoisotopic (exact) mass is 1130 g/mol. The van der Waals surface area contributed by atoms with Gasteiger partial charge in [-0.2, -0.15) is 0 Å². The van der Waals surface area contributed by atoms with Crippen LogP contribution < -0.4 is 34.8 Å². The normalized spacial score (nSPS) is 10.9. The minimum atomic E-state index is -1.48. The maximum absolute atomic E-state index is 3.67. The first-order valence-electron chi connectivity index (χ1n) is 18.9. The Morgan fingerprint density at radius 1 is 0.203 bits per heavy atom. The van der Waals surface area contributed by atoms with Crippen LogP contribution in [0.1, 0.15) is 0 Å². The van der Waals surface area contributed by atoms with Gasteiger partial charge in [-0.3, -0.25) is 0 Å². The average Bonchev–Trinajstić information content (AvgIpc) is 3.32. The zero-order valence-corrected chi connectivity index (χ0v) is 43.1. The summed E-state index contributed by atoms with van der Waals surface area (Å²) in [7, 11) is 0. The second-order valence-electron chi connectivity index (χ2n) is 12.8. The molecular weight excluding hydrogens is 1090 g/mol. The van der Waals surface area contributed by atoms with Crippen molar-refractivity contribution in [3.05, 3.63) is 262 Å². The molecule has 1 radical (unpaired) electrons. The smallest absolute Gasteiger partial charge is 1.00 e. The number of hydrogen-bond acceptors (Lipinski definition) is 2. The first kappa shape index (κ1) is 46.9. The van der Waals surface area contributed by atoms with E-state index in [-0.39, 0.29) is 19.5 Å². The third-order valence-corrected chi connectivity index (χ3v) is 29.3. The van der Waals surface area contributed by atoms with Gasteiger partial charge in [0.1, 0.15) is 0 Å². The van der Waals surface area contributed by atoms with Crippen molar-refractivity contribution in [2.45, 2.75) is 0 Å². The van der Waals surface area contributed by atoms with Crippen molar-refractivity contribution in [1.29, 1.82) is 0 Å². The van der Waals surface area contributed by atoms with Crippen molar-refractivity contribution in [2.75, 3.05) is 0 Å². The van der Waals surface area contributed by atoms with E-state index in [9.17, 15) is 0 Å². The summed E-state index contributed by atoms with van der Waals surface area (Å²) in [5, 5.41) is 0. The van der Waals surface area contributed by atoms with Gasteiger partial charge >= 0.3 is 375 Å². The summed E-state index contributed by atoms with van der Waals surface area (Å²) in [5.74, 6) is 0. The molecule has 0 saturated heterocycles. The van der Waals surface area contributed by atoms with Gasteiger partial charge in [0.05, 0.1) is 0 Å². The summed E-state index contributed by atoms with van der Waals surface area (Å²) in [6, 6.07) is 88.2. The van der Waals surface area contributed by atoms with E-state index in [4.69, 9.17) is 0 Å². The molecule has 0 N–H and O–H groups in total. The molecule has 8 aromatic carbocycles. The Labute approximate surface area is 394 Å². The van der Waals surface area contributed by atoms with Crippen LogP contribution in [-0.4, -0.2) is 58.6 Å². The van der Waals surface area contributed by atoms with E-state index in [1.54, 1.807) is 0 Å². The van der Waals surface area contributed by atoms with E-state index in [0.29, 0.717) is 0 Å². The third kappa shape index (κ3) is 14.5. The molecule has 7 heteroatoms. The van der Waals surface area contributed by atoms with Crippen LogP contribution in [0, 0.1) is 0 Å². The van der Waals surface area contributed by atoms with Gasteiger partial charge in [-0.05, 0) is 0 Å². The van der Waals surface area contributed by atoms with E-state index in [1.165, 1.54) is 34.8 Å². The molecule has 59 heavy (non-hydrogen) atoms. The summed E-state index contributed by atoms with van der Waals surface area (Å²) < 4.78 is 11.8.